The van der Waals surface area contributed by atoms with Crippen LogP contribution in [-0.2, 0) is 38.1 Å². The highest BCUT2D eigenvalue weighted by Gasteiger charge is 2.51. The average molecular weight is 677 g/mol. The molecule has 2 aliphatic heterocycles. The smallest absolute Gasteiger partial charge is 0.311 e. The van der Waals surface area contributed by atoms with Crippen molar-refractivity contribution in [1.29, 1.82) is 0 Å². The van der Waals surface area contributed by atoms with Crippen molar-refractivity contribution < 1.29 is 58.5 Å². The molecule has 0 aromatic heterocycles. The van der Waals surface area contributed by atoms with Crippen LogP contribution in [0, 0.1) is 34.0 Å². The van der Waals surface area contributed by atoms with Gasteiger partial charge in [0.2, 0.25) is 0 Å². The van der Waals surface area contributed by atoms with Crippen molar-refractivity contribution in [3.8, 4) is 11.8 Å². The zero-order valence-corrected chi connectivity index (χ0v) is 29.6. The van der Waals surface area contributed by atoms with Crippen molar-refractivity contribution in [2.24, 2.45) is 22.2 Å². The van der Waals surface area contributed by atoms with Gasteiger partial charge in [0.1, 0.15) is 49.3 Å². The van der Waals surface area contributed by atoms with Crippen LogP contribution in [0.4, 0.5) is 0 Å². The van der Waals surface area contributed by atoms with Gasteiger partial charge in [-0.05, 0) is 80.0 Å². The summed E-state index contributed by atoms with van der Waals surface area (Å²) >= 11 is 0. The third-order valence-corrected chi connectivity index (χ3v) is 8.20. The van der Waals surface area contributed by atoms with Gasteiger partial charge in [0.05, 0.1) is 29.0 Å². The Balaban J connectivity index is 1.96. The zero-order chi connectivity index (χ0) is 36.4. The summed E-state index contributed by atoms with van der Waals surface area (Å²) in [5.74, 6) is 3.60. The van der Waals surface area contributed by atoms with E-state index in [1.54, 1.807) is 86.6 Å². The quantitative estimate of drug-likeness (QED) is 0.197. The number of rotatable bonds is 6. The highest BCUT2D eigenvalue weighted by molar-refractivity contribution is 5.77. The van der Waals surface area contributed by atoms with Crippen LogP contribution in [0.5, 0.6) is 0 Å². The molecule has 1 aromatic carbocycles. The predicted octanol–water partition coefficient (Wildman–Crippen LogP) is 2.46. The molecule has 2 heterocycles. The van der Waals surface area contributed by atoms with Gasteiger partial charge in [0.25, 0.3) is 0 Å². The molecule has 48 heavy (non-hydrogen) atoms. The first-order valence-corrected chi connectivity index (χ1v) is 16.2. The standard InChI is InChI=1S/C36H52O12/c1-19-28(21-14-11-20(12-15-21)13-16-22-25(38)27(40)26(39)23(17-37)45-22)46-24(18-44-31(41)34(2,3)4)30(48-33(43)36(8,9)10)29(19)47-32(42)35(5,6)7/h11-12,14-15,19,22-30,37-40H,17-18H2,1-10H3/t19-,22-,23-,24-,25-,26-,27-,28+,29-,30-/m1/s1. The summed E-state index contributed by atoms with van der Waals surface area (Å²) in [6.45, 7) is 16.4. The summed E-state index contributed by atoms with van der Waals surface area (Å²) in [6, 6.07) is 6.94. The number of hydrogen-bond acceptors (Lipinski definition) is 12. The lowest BCUT2D eigenvalue weighted by Crippen LogP contribution is -2.58. The minimum atomic E-state index is -1.54. The first-order valence-electron chi connectivity index (χ1n) is 16.2. The first kappa shape index (κ1) is 39.4. The summed E-state index contributed by atoms with van der Waals surface area (Å²) in [6.07, 6.45) is -10.4. The maximum absolute atomic E-state index is 13.2. The van der Waals surface area contributed by atoms with Crippen LogP contribution >= 0.6 is 0 Å². The average Bonchev–Trinajstić information content (AvgIpc) is 2.99. The molecule has 0 saturated carbocycles. The normalized spacial score (nSPS) is 31.2. The van der Waals surface area contributed by atoms with E-state index in [-0.39, 0.29) is 6.61 Å². The minimum absolute atomic E-state index is 0.256. The van der Waals surface area contributed by atoms with Crippen molar-refractivity contribution in [2.45, 2.75) is 124 Å². The molecule has 0 unspecified atom stereocenters. The van der Waals surface area contributed by atoms with Gasteiger partial charge in [-0.3, -0.25) is 14.4 Å². The van der Waals surface area contributed by atoms with Crippen molar-refractivity contribution in [1.82, 2.24) is 0 Å². The van der Waals surface area contributed by atoms with E-state index >= 15 is 0 Å². The number of hydrogen-bond donors (Lipinski definition) is 4. The van der Waals surface area contributed by atoms with Crippen LogP contribution in [-0.4, -0.2) is 100 Å². The Morgan fingerprint density at radius 2 is 1.25 bits per heavy atom. The fraction of sp³-hybridized carbons (Fsp3) is 0.694. The minimum Gasteiger partial charge on any atom is -0.462 e. The number of carbonyl (C=O) groups is 3. The van der Waals surface area contributed by atoms with Gasteiger partial charge in [0, 0.05) is 11.5 Å². The Morgan fingerprint density at radius 1 is 0.729 bits per heavy atom. The highest BCUT2D eigenvalue weighted by Crippen LogP contribution is 2.41. The molecule has 0 amide bonds. The van der Waals surface area contributed by atoms with Gasteiger partial charge in [-0.2, -0.15) is 0 Å². The maximum Gasteiger partial charge on any atom is 0.311 e. The molecule has 1 aromatic rings. The van der Waals surface area contributed by atoms with Crippen LogP contribution in [0.15, 0.2) is 24.3 Å². The molecular formula is C36H52O12. The molecule has 10 atom stereocenters. The van der Waals surface area contributed by atoms with Gasteiger partial charge in [-0.25, -0.2) is 0 Å². The van der Waals surface area contributed by atoms with Crippen LogP contribution in [0.1, 0.15) is 86.5 Å². The molecule has 2 aliphatic rings. The topological polar surface area (TPSA) is 178 Å². The molecule has 268 valence electrons. The fourth-order valence-corrected chi connectivity index (χ4v) is 5.01. The van der Waals surface area contributed by atoms with Crippen LogP contribution in [0.3, 0.4) is 0 Å². The van der Waals surface area contributed by atoms with Crippen LogP contribution in [0.2, 0.25) is 0 Å². The van der Waals surface area contributed by atoms with Crippen LogP contribution in [0.25, 0.3) is 0 Å². The molecular weight excluding hydrogens is 624 g/mol. The number of aliphatic hydroxyl groups excluding tert-OH is 4. The molecule has 4 N–H and O–H groups in total. The summed E-state index contributed by atoms with van der Waals surface area (Å²) in [5, 5.41) is 39.8. The van der Waals surface area contributed by atoms with Gasteiger partial charge in [0.15, 0.2) is 6.10 Å². The van der Waals surface area contributed by atoms with E-state index in [0.29, 0.717) is 11.1 Å². The Hall–Kier alpha value is -3.05. The van der Waals surface area contributed by atoms with Crippen molar-refractivity contribution >= 4 is 17.9 Å². The SMILES string of the molecule is C[C@H]1[C@@H](OC(=O)C(C)(C)C)[C@H](OC(=O)C(C)(C)C)[C@@H](COC(=O)C(C)(C)C)O[C@@H]1c1ccc(C#C[C@H]2O[C@H](CO)[C@@H](O)[C@H](O)[C@@H]2O)cc1. The predicted molar refractivity (Wildman–Crippen MR) is 173 cm³/mol. The monoisotopic (exact) mass is 676 g/mol. The second kappa shape index (κ2) is 15.2. The Bertz CT molecular complexity index is 1340. The number of carbonyl (C=O) groups excluding carboxylic acids is 3. The van der Waals surface area contributed by atoms with Crippen molar-refractivity contribution in [2.75, 3.05) is 13.2 Å². The number of benzene rings is 1. The lowest BCUT2D eigenvalue weighted by atomic mass is 9.83. The van der Waals surface area contributed by atoms with Gasteiger partial charge in [-0.15, -0.1) is 0 Å². The summed E-state index contributed by atoms with van der Waals surface area (Å²) in [4.78, 5) is 39.1. The molecule has 2 saturated heterocycles. The van der Waals surface area contributed by atoms with E-state index in [0.717, 1.165) is 0 Å². The fourth-order valence-electron chi connectivity index (χ4n) is 5.01. The Morgan fingerprint density at radius 3 is 1.75 bits per heavy atom. The molecule has 0 aliphatic carbocycles. The largest absolute Gasteiger partial charge is 0.462 e. The molecule has 12 nitrogen and oxygen atoms in total. The van der Waals surface area contributed by atoms with E-state index in [1.807, 2.05) is 6.92 Å². The first-order chi connectivity index (χ1) is 22.1. The molecule has 3 rings (SSSR count). The molecule has 12 heteroatoms. The van der Waals surface area contributed by atoms with Crippen molar-refractivity contribution in [3.05, 3.63) is 35.4 Å². The number of ether oxygens (including phenoxy) is 5. The van der Waals surface area contributed by atoms with E-state index < -0.39 is 102 Å². The van der Waals surface area contributed by atoms with Crippen LogP contribution < -0.4 is 0 Å². The van der Waals surface area contributed by atoms with E-state index in [1.165, 1.54) is 0 Å². The second-order valence-corrected chi connectivity index (χ2v) is 15.7. The van der Waals surface area contributed by atoms with E-state index in [4.69, 9.17) is 23.7 Å². The molecule has 0 spiro atoms. The highest BCUT2D eigenvalue weighted by atomic mass is 16.6. The molecule has 0 bridgehead atoms. The zero-order valence-electron chi connectivity index (χ0n) is 29.6. The van der Waals surface area contributed by atoms with Crippen molar-refractivity contribution in [3.63, 3.8) is 0 Å². The number of esters is 3. The summed E-state index contributed by atoms with van der Waals surface area (Å²) < 4.78 is 29.7. The molecule has 2 fully saturated rings. The van der Waals surface area contributed by atoms with Gasteiger partial charge in [-0.1, -0.05) is 30.9 Å². The third kappa shape index (κ3) is 9.55. The number of aliphatic hydroxyl groups is 4. The lowest BCUT2D eigenvalue weighted by Gasteiger charge is -2.45. The van der Waals surface area contributed by atoms with E-state index in [2.05, 4.69) is 11.8 Å². The lowest BCUT2D eigenvalue weighted by molar-refractivity contribution is -0.240. The molecule has 0 radical (unpaired) electrons. The van der Waals surface area contributed by atoms with E-state index in [9.17, 15) is 34.8 Å². The third-order valence-electron chi connectivity index (χ3n) is 8.20. The maximum atomic E-state index is 13.2. The second-order valence-electron chi connectivity index (χ2n) is 15.7. The summed E-state index contributed by atoms with van der Waals surface area (Å²) in [7, 11) is 0. The summed E-state index contributed by atoms with van der Waals surface area (Å²) in [5.41, 5.74) is -1.32. The Labute approximate surface area is 283 Å². The van der Waals surface area contributed by atoms with Gasteiger partial charge < -0.3 is 44.1 Å². The Kier molecular flexibility index (Phi) is 12.5. The van der Waals surface area contributed by atoms with Gasteiger partial charge >= 0.3 is 17.9 Å².